The molecule has 2 aromatic rings. The highest BCUT2D eigenvalue weighted by Gasteiger charge is 2.32. The SMILES string of the molecule is CCC1CN(C(=O)c2ccccc2)CCC1CC(=O)Nc1nccs1. The van der Waals surface area contributed by atoms with Crippen molar-refractivity contribution in [2.24, 2.45) is 11.8 Å². The molecule has 0 radical (unpaired) electrons. The summed E-state index contributed by atoms with van der Waals surface area (Å²) in [6, 6.07) is 9.41. The number of hydrogen-bond acceptors (Lipinski definition) is 4. The molecular formula is C19H23N3O2S. The van der Waals surface area contributed by atoms with Crippen LogP contribution < -0.4 is 5.32 Å². The van der Waals surface area contributed by atoms with Gasteiger partial charge in [0.2, 0.25) is 5.91 Å². The summed E-state index contributed by atoms with van der Waals surface area (Å²) >= 11 is 1.43. The summed E-state index contributed by atoms with van der Waals surface area (Å²) in [6.45, 7) is 3.56. The fourth-order valence-corrected chi connectivity index (χ4v) is 4.00. The van der Waals surface area contributed by atoms with Crippen LogP contribution in [0.4, 0.5) is 5.13 Å². The lowest BCUT2D eigenvalue weighted by Crippen LogP contribution is -2.44. The number of nitrogens with zero attached hydrogens (tertiary/aromatic N) is 2. The lowest BCUT2D eigenvalue weighted by Gasteiger charge is -2.38. The van der Waals surface area contributed by atoms with Gasteiger partial charge in [-0.3, -0.25) is 9.59 Å². The van der Waals surface area contributed by atoms with Gasteiger partial charge in [0, 0.05) is 36.7 Å². The van der Waals surface area contributed by atoms with Crippen molar-refractivity contribution >= 4 is 28.3 Å². The van der Waals surface area contributed by atoms with Crippen LogP contribution in [0.2, 0.25) is 0 Å². The minimum atomic E-state index is 0.0150. The van der Waals surface area contributed by atoms with Gasteiger partial charge in [-0.15, -0.1) is 11.3 Å². The molecule has 1 aromatic heterocycles. The predicted octanol–water partition coefficient (Wildman–Crippen LogP) is 3.66. The zero-order valence-corrected chi connectivity index (χ0v) is 15.2. The third kappa shape index (κ3) is 4.45. The van der Waals surface area contributed by atoms with E-state index in [4.69, 9.17) is 0 Å². The maximum atomic E-state index is 12.6. The van der Waals surface area contributed by atoms with E-state index >= 15 is 0 Å². The van der Waals surface area contributed by atoms with Crippen LogP contribution in [0.15, 0.2) is 41.9 Å². The van der Waals surface area contributed by atoms with Gasteiger partial charge in [-0.05, 0) is 30.4 Å². The van der Waals surface area contributed by atoms with Gasteiger partial charge in [0.1, 0.15) is 0 Å². The molecule has 1 aliphatic rings. The van der Waals surface area contributed by atoms with E-state index in [0.717, 1.165) is 24.9 Å². The van der Waals surface area contributed by atoms with Gasteiger partial charge in [-0.25, -0.2) is 4.98 Å². The standard InChI is InChI=1S/C19H23N3O2S/c1-2-14-13-22(18(24)15-6-4-3-5-7-15)10-8-16(14)12-17(23)21-19-20-9-11-25-19/h3-7,9,11,14,16H,2,8,10,12-13H2,1H3,(H,20,21,23). The van der Waals surface area contributed by atoms with E-state index in [9.17, 15) is 9.59 Å². The molecule has 5 nitrogen and oxygen atoms in total. The molecule has 1 saturated heterocycles. The molecule has 2 heterocycles. The van der Waals surface area contributed by atoms with Crippen molar-refractivity contribution in [3.05, 3.63) is 47.5 Å². The molecular weight excluding hydrogens is 334 g/mol. The van der Waals surface area contributed by atoms with E-state index in [1.54, 1.807) is 6.20 Å². The molecule has 132 valence electrons. The lowest BCUT2D eigenvalue weighted by molar-refractivity contribution is -0.117. The molecule has 0 spiro atoms. The second-order valence-electron chi connectivity index (χ2n) is 6.42. The number of likely N-dealkylation sites (tertiary alicyclic amines) is 1. The molecule has 2 unspecified atom stereocenters. The van der Waals surface area contributed by atoms with Crippen LogP contribution in [-0.4, -0.2) is 34.8 Å². The van der Waals surface area contributed by atoms with Crippen LogP contribution in [0, 0.1) is 11.8 Å². The third-order valence-corrected chi connectivity index (χ3v) is 5.54. The van der Waals surface area contributed by atoms with E-state index in [1.165, 1.54) is 11.3 Å². The van der Waals surface area contributed by atoms with Gasteiger partial charge in [-0.1, -0.05) is 31.5 Å². The normalized spacial score (nSPS) is 20.3. The topological polar surface area (TPSA) is 62.3 Å². The van der Waals surface area contributed by atoms with E-state index < -0.39 is 0 Å². The first-order chi connectivity index (χ1) is 12.2. The van der Waals surface area contributed by atoms with E-state index in [0.29, 0.717) is 29.9 Å². The maximum Gasteiger partial charge on any atom is 0.253 e. The molecule has 1 aliphatic heterocycles. The van der Waals surface area contributed by atoms with Gasteiger partial charge in [0.05, 0.1) is 0 Å². The largest absolute Gasteiger partial charge is 0.338 e. The molecule has 1 N–H and O–H groups in total. The van der Waals surface area contributed by atoms with Crippen LogP contribution in [0.1, 0.15) is 36.5 Å². The number of benzene rings is 1. The first-order valence-electron chi connectivity index (χ1n) is 8.71. The summed E-state index contributed by atoms with van der Waals surface area (Å²) in [5.41, 5.74) is 0.734. The number of nitrogens with one attached hydrogen (secondary N) is 1. The highest BCUT2D eigenvalue weighted by atomic mass is 32.1. The minimum absolute atomic E-state index is 0.0150. The van der Waals surface area contributed by atoms with Crippen molar-refractivity contribution in [3.63, 3.8) is 0 Å². The van der Waals surface area contributed by atoms with Crippen molar-refractivity contribution in [2.45, 2.75) is 26.2 Å². The van der Waals surface area contributed by atoms with Crippen molar-refractivity contribution in [3.8, 4) is 0 Å². The smallest absolute Gasteiger partial charge is 0.253 e. The monoisotopic (exact) mass is 357 g/mol. The molecule has 2 amide bonds. The van der Waals surface area contributed by atoms with Crippen LogP contribution >= 0.6 is 11.3 Å². The molecule has 3 rings (SSSR count). The van der Waals surface area contributed by atoms with Gasteiger partial charge < -0.3 is 10.2 Å². The van der Waals surface area contributed by atoms with Gasteiger partial charge >= 0.3 is 0 Å². The number of anilines is 1. The summed E-state index contributed by atoms with van der Waals surface area (Å²) in [5, 5.41) is 5.35. The molecule has 1 fully saturated rings. The number of piperidine rings is 1. The zero-order chi connectivity index (χ0) is 17.6. The van der Waals surface area contributed by atoms with Crippen LogP contribution in [0.25, 0.3) is 0 Å². The van der Waals surface area contributed by atoms with Gasteiger partial charge in [0.15, 0.2) is 5.13 Å². The Morgan fingerprint density at radius 3 is 2.76 bits per heavy atom. The van der Waals surface area contributed by atoms with Crippen molar-refractivity contribution in [2.75, 3.05) is 18.4 Å². The summed E-state index contributed by atoms with van der Waals surface area (Å²) in [6.07, 6.45) is 4.00. The Kier molecular flexibility index (Phi) is 5.81. The molecule has 6 heteroatoms. The number of carbonyl (C=O) groups excluding carboxylic acids is 2. The Morgan fingerprint density at radius 1 is 1.28 bits per heavy atom. The molecule has 0 bridgehead atoms. The van der Waals surface area contributed by atoms with E-state index in [2.05, 4.69) is 17.2 Å². The molecule has 0 saturated carbocycles. The number of hydrogen-bond donors (Lipinski definition) is 1. The predicted molar refractivity (Wildman–Crippen MR) is 99.6 cm³/mol. The van der Waals surface area contributed by atoms with Crippen LogP contribution in [0.5, 0.6) is 0 Å². The van der Waals surface area contributed by atoms with Crippen molar-refractivity contribution in [1.29, 1.82) is 0 Å². The summed E-state index contributed by atoms with van der Waals surface area (Å²) in [5.74, 6) is 0.763. The number of thiazole rings is 1. The van der Waals surface area contributed by atoms with E-state index in [-0.39, 0.29) is 11.8 Å². The van der Waals surface area contributed by atoms with Crippen molar-refractivity contribution < 1.29 is 9.59 Å². The highest BCUT2D eigenvalue weighted by Crippen LogP contribution is 2.30. The second kappa shape index (κ2) is 8.25. The molecule has 2 atom stereocenters. The second-order valence-corrected chi connectivity index (χ2v) is 7.32. The highest BCUT2D eigenvalue weighted by molar-refractivity contribution is 7.13. The van der Waals surface area contributed by atoms with Gasteiger partial charge in [-0.2, -0.15) is 0 Å². The summed E-state index contributed by atoms with van der Waals surface area (Å²) in [7, 11) is 0. The Hall–Kier alpha value is -2.21. The number of aromatic nitrogens is 1. The maximum absolute atomic E-state index is 12.6. The fourth-order valence-electron chi connectivity index (χ4n) is 3.45. The number of carbonyl (C=O) groups is 2. The zero-order valence-electron chi connectivity index (χ0n) is 14.4. The first-order valence-corrected chi connectivity index (χ1v) is 9.59. The van der Waals surface area contributed by atoms with Crippen molar-refractivity contribution in [1.82, 2.24) is 9.88 Å². The minimum Gasteiger partial charge on any atom is -0.338 e. The Morgan fingerprint density at radius 2 is 2.08 bits per heavy atom. The third-order valence-electron chi connectivity index (χ3n) is 4.85. The molecule has 25 heavy (non-hydrogen) atoms. The molecule has 0 aliphatic carbocycles. The summed E-state index contributed by atoms with van der Waals surface area (Å²) in [4.78, 5) is 30.9. The van der Waals surface area contributed by atoms with Crippen LogP contribution in [-0.2, 0) is 4.79 Å². The quantitative estimate of drug-likeness (QED) is 0.888. The summed E-state index contributed by atoms with van der Waals surface area (Å²) < 4.78 is 0. The Bertz CT molecular complexity index is 703. The average molecular weight is 357 g/mol. The van der Waals surface area contributed by atoms with Crippen LogP contribution in [0.3, 0.4) is 0 Å². The lowest BCUT2D eigenvalue weighted by atomic mass is 9.81. The fraction of sp³-hybridized carbons (Fsp3) is 0.421. The van der Waals surface area contributed by atoms with E-state index in [1.807, 2.05) is 40.6 Å². The average Bonchev–Trinajstić information content (AvgIpc) is 3.15. The molecule has 1 aromatic carbocycles. The first kappa shape index (κ1) is 17.6. The number of amides is 2. The Balaban J connectivity index is 1.58. The van der Waals surface area contributed by atoms with Gasteiger partial charge in [0.25, 0.3) is 5.91 Å². The number of rotatable bonds is 5. The Labute approximate surface area is 152 Å².